The topological polar surface area (TPSA) is 99.2 Å². The molecule has 0 saturated carbocycles. The molecule has 0 spiro atoms. The van der Waals surface area contributed by atoms with Crippen molar-refractivity contribution in [2.75, 3.05) is 0 Å². The lowest BCUT2D eigenvalue weighted by Crippen LogP contribution is -2.31. The molecule has 3 aromatic rings. The molecule has 0 radical (unpaired) electrons. The molecule has 0 unspecified atom stereocenters. The highest BCUT2D eigenvalue weighted by molar-refractivity contribution is 6.19. The molecule has 2 amide bonds. The second kappa shape index (κ2) is 6.30. The summed E-state index contributed by atoms with van der Waals surface area (Å²) >= 11 is 0. The fraction of sp³-hybridized carbons (Fsp3) is 0.238. The first-order valence-corrected chi connectivity index (χ1v) is 9.34. The number of hydrogen-bond donors (Lipinski definition) is 2. The summed E-state index contributed by atoms with van der Waals surface area (Å²) in [6, 6.07) is 10.9. The highest BCUT2D eigenvalue weighted by Crippen LogP contribution is 2.38. The van der Waals surface area contributed by atoms with Crippen molar-refractivity contribution in [2.24, 2.45) is 0 Å². The molecular formula is C21H18N4O3. The van der Waals surface area contributed by atoms with Crippen LogP contribution in [0.3, 0.4) is 0 Å². The van der Waals surface area contributed by atoms with Crippen LogP contribution in [0.1, 0.15) is 31.2 Å². The molecule has 0 atom stereocenters. The second-order valence-corrected chi connectivity index (χ2v) is 7.17. The number of benzene rings is 2. The number of aromatic hydroxyl groups is 1. The average Bonchev–Trinajstić information content (AvgIpc) is 3.29. The van der Waals surface area contributed by atoms with Gasteiger partial charge in [-0.2, -0.15) is 15.4 Å². The van der Waals surface area contributed by atoms with Gasteiger partial charge in [-0.25, -0.2) is 0 Å². The number of phenols is 1. The summed E-state index contributed by atoms with van der Waals surface area (Å²) in [5.41, 5.74) is 4.51. The number of nitrogens with zero attached hydrogens (tertiary/aromatic N) is 3. The lowest BCUT2D eigenvalue weighted by atomic mass is 9.93. The number of carbonyl (C=O) groups excluding carboxylic acids is 2. The third kappa shape index (κ3) is 2.43. The molecule has 1 aliphatic heterocycles. The van der Waals surface area contributed by atoms with Crippen molar-refractivity contribution in [3.05, 3.63) is 53.1 Å². The number of H-pyrrole nitrogens is 1. The molecule has 7 heteroatoms. The maximum atomic E-state index is 12.7. The van der Waals surface area contributed by atoms with E-state index in [-0.39, 0.29) is 24.1 Å². The molecule has 0 bridgehead atoms. The summed E-state index contributed by atoms with van der Waals surface area (Å²) in [7, 11) is 0. The number of aromatic amines is 1. The number of aromatic nitrogens is 3. The molecule has 1 aromatic heterocycles. The summed E-state index contributed by atoms with van der Waals surface area (Å²) in [4.78, 5) is 26.7. The first-order valence-electron chi connectivity index (χ1n) is 9.34. The molecule has 28 heavy (non-hydrogen) atoms. The van der Waals surface area contributed by atoms with Gasteiger partial charge in [0.05, 0.1) is 6.54 Å². The van der Waals surface area contributed by atoms with Crippen molar-refractivity contribution < 1.29 is 14.7 Å². The molecule has 0 saturated heterocycles. The summed E-state index contributed by atoms with van der Waals surface area (Å²) in [5.74, 6) is -0.394. The van der Waals surface area contributed by atoms with E-state index in [1.165, 1.54) is 4.90 Å². The van der Waals surface area contributed by atoms with Gasteiger partial charge in [-0.3, -0.25) is 14.5 Å². The zero-order chi connectivity index (χ0) is 19.3. The van der Waals surface area contributed by atoms with Crippen LogP contribution in [-0.4, -0.2) is 37.2 Å². The number of nitrogens with one attached hydrogen (secondary N) is 1. The van der Waals surface area contributed by atoms with Gasteiger partial charge in [0.1, 0.15) is 16.8 Å². The molecule has 2 N–H and O–H groups in total. The van der Waals surface area contributed by atoms with Crippen molar-refractivity contribution in [1.29, 1.82) is 0 Å². The molecule has 7 nitrogen and oxygen atoms in total. The number of amides is 2. The average molecular weight is 374 g/mol. The van der Waals surface area contributed by atoms with Gasteiger partial charge in [0.25, 0.3) is 11.8 Å². The normalized spacial score (nSPS) is 16.9. The number of carbonyl (C=O) groups is 2. The number of fused-ring (bicyclic) bond motifs is 1. The number of para-hydroxylation sites is 2. The Balaban J connectivity index is 1.51. The van der Waals surface area contributed by atoms with E-state index in [1.54, 1.807) is 12.1 Å². The van der Waals surface area contributed by atoms with E-state index in [1.807, 2.05) is 24.3 Å². The highest BCUT2D eigenvalue weighted by atomic mass is 16.3. The molecule has 5 rings (SSSR count). The molecule has 140 valence electrons. The van der Waals surface area contributed by atoms with Gasteiger partial charge in [0.15, 0.2) is 0 Å². The van der Waals surface area contributed by atoms with Gasteiger partial charge in [-0.1, -0.05) is 30.3 Å². The predicted molar refractivity (Wildman–Crippen MR) is 102 cm³/mol. The minimum Gasteiger partial charge on any atom is -0.507 e. The summed E-state index contributed by atoms with van der Waals surface area (Å²) < 4.78 is 0. The monoisotopic (exact) mass is 374 g/mol. The predicted octanol–water partition coefficient (Wildman–Crippen LogP) is 3.07. The second-order valence-electron chi connectivity index (χ2n) is 7.17. The molecule has 2 aromatic carbocycles. The van der Waals surface area contributed by atoms with Crippen molar-refractivity contribution in [3.63, 3.8) is 0 Å². The molecule has 0 fully saturated rings. The number of rotatable bonds is 3. The van der Waals surface area contributed by atoms with Gasteiger partial charge in [-0.05, 0) is 31.7 Å². The largest absolute Gasteiger partial charge is 0.507 e. The van der Waals surface area contributed by atoms with Crippen LogP contribution in [0.4, 0.5) is 0 Å². The molecule has 2 aliphatic rings. The Kier molecular flexibility index (Phi) is 3.75. The van der Waals surface area contributed by atoms with Crippen molar-refractivity contribution in [2.45, 2.75) is 32.2 Å². The van der Waals surface area contributed by atoms with Gasteiger partial charge in [-0.15, -0.1) is 0 Å². The lowest BCUT2D eigenvalue weighted by molar-refractivity contribution is -0.138. The van der Waals surface area contributed by atoms with E-state index in [0.717, 1.165) is 18.4 Å². The maximum Gasteiger partial charge on any atom is 0.257 e. The zero-order valence-corrected chi connectivity index (χ0v) is 15.1. The van der Waals surface area contributed by atoms with Crippen LogP contribution >= 0.6 is 0 Å². The summed E-state index contributed by atoms with van der Waals surface area (Å²) in [6.07, 6.45) is 3.20. The van der Waals surface area contributed by atoms with Gasteiger partial charge in [0, 0.05) is 27.8 Å². The minimum atomic E-state index is -0.219. The Bertz CT molecular complexity index is 1130. The number of phenolic OH excluding ortho intramolecular Hbond substituents is 1. The number of hydrogen-bond acceptors (Lipinski definition) is 5. The SMILES string of the molecule is O=C1C2=C(CCCC2)C(=O)N1Cc1cccc(-c2cccc3n[nH]nc23)c1O. The molecule has 2 heterocycles. The van der Waals surface area contributed by atoms with E-state index in [0.29, 0.717) is 46.1 Å². The van der Waals surface area contributed by atoms with Crippen LogP contribution in [-0.2, 0) is 16.1 Å². The Hall–Kier alpha value is -3.48. The first kappa shape index (κ1) is 16.7. The Morgan fingerprint density at radius 3 is 2.36 bits per heavy atom. The van der Waals surface area contributed by atoms with Crippen LogP contribution in [0.5, 0.6) is 5.75 Å². The Morgan fingerprint density at radius 2 is 1.61 bits per heavy atom. The van der Waals surface area contributed by atoms with Crippen molar-refractivity contribution in [3.8, 4) is 16.9 Å². The van der Waals surface area contributed by atoms with Gasteiger partial charge < -0.3 is 5.11 Å². The fourth-order valence-corrected chi connectivity index (χ4v) is 4.13. The Labute approximate surface area is 160 Å². The lowest BCUT2D eigenvalue weighted by Gasteiger charge is -2.17. The van der Waals surface area contributed by atoms with Crippen LogP contribution in [0, 0.1) is 0 Å². The third-order valence-electron chi connectivity index (χ3n) is 5.56. The van der Waals surface area contributed by atoms with E-state index < -0.39 is 0 Å². The van der Waals surface area contributed by atoms with Crippen LogP contribution in [0.15, 0.2) is 47.5 Å². The first-order chi connectivity index (χ1) is 13.6. The minimum absolute atomic E-state index is 0.0449. The van der Waals surface area contributed by atoms with Crippen LogP contribution < -0.4 is 0 Å². The smallest absolute Gasteiger partial charge is 0.257 e. The van der Waals surface area contributed by atoms with Gasteiger partial charge in [0.2, 0.25) is 0 Å². The summed E-state index contributed by atoms with van der Waals surface area (Å²) in [6.45, 7) is 0.0547. The standard InChI is InChI=1S/C21H18N4O3/c26-19-12(11-25-20(27)15-6-1-2-7-16(15)21(25)28)5-3-9-14(19)13-8-4-10-17-18(13)23-24-22-17/h3-5,8-10,26H,1-2,6-7,11H2,(H,22,23,24). The van der Waals surface area contributed by atoms with Crippen molar-refractivity contribution in [1.82, 2.24) is 20.3 Å². The molecular weight excluding hydrogens is 356 g/mol. The number of imide groups is 1. The maximum absolute atomic E-state index is 12.7. The van der Waals surface area contributed by atoms with Crippen molar-refractivity contribution >= 4 is 22.8 Å². The summed E-state index contributed by atoms with van der Waals surface area (Å²) in [5, 5.41) is 21.8. The van der Waals surface area contributed by atoms with Crippen LogP contribution in [0.2, 0.25) is 0 Å². The molecule has 1 aliphatic carbocycles. The van der Waals surface area contributed by atoms with E-state index in [4.69, 9.17) is 0 Å². The fourth-order valence-electron chi connectivity index (χ4n) is 4.13. The van der Waals surface area contributed by atoms with E-state index in [9.17, 15) is 14.7 Å². The Morgan fingerprint density at radius 1 is 0.929 bits per heavy atom. The quantitative estimate of drug-likeness (QED) is 0.687. The van der Waals surface area contributed by atoms with E-state index >= 15 is 0 Å². The third-order valence-corrected chi connectivity index (χ3v) is 5.56. The van der Waals surface area contributed by atoms with Crippen LogP contribution in [0.25, 0.3) is 22.2 Å². The highest BCUT2D eigenvalue weighted by Gasteiger charge is 2.39. The van der Waals surface area contributed by atoms with Gasteiger partial charge >= 0.3 is 0 Å². The zero-order valence-electron chi connectivity index (χ0n) is 15.1. The van der Waals surface area contributed by atoms with E-state index in [2.05, 4.69) is 15.4 Å².